The number of pyridine rings is 1. The Morgan fingerprint density at radius 2 is 2.00 bits per heavy atom. The second kappa shape index (κ2) is 5.20. The van der Waals surface area contributed by atoms with E-state index in [1.165, 1.54) is 0 Å². The molecule has 0 aliphatic carbocycles. The van der Waals surface area contributed by atoms with Crippen LogP contribution in [-0.2, 0) is 6.54 Å². The van der Waals surface area contributed by atoms with Crippen molar-refractivity contribution in [2.24, 2.45) is 0 Å². The maximum Gasteiger partial charge on any atom is 0.272 e. The van der Waals surface area contributed by atoms with Gasteiger partial charge in [0.15, 0.2) is 0 Å². The van der Waals surface area contributed by atoms with E-state index in [-0.39, 0.29) is 0 Å². The van der Waals surface area contributed by atoms with Gasteiger partial charge in [-0.25, -0.2) is 4.98 Å². The standard InChI is InChI=1S/C17H14N4O/c1-11-20-15-13-6-2-3-7-14(13)22-16(15)17(21-11)19-10-12-5-4-8-18-9-12/h2-9H,10H2,1H3,(H,19,20,21)/p+1. The third kappa shape index (κ3) is 2.21. The molecule has 0 aliphatic rings. The van der Waals surface area contributed by atoms with Crippen LogP contribution in [0, 0.1) is 6.92 Å². The van der Waals surface area contributed by atoms with Crippen LogP contribution in [0.25, 0.3) is 22.1 Å². The van der Waals surface area contributed by atoms with Gasteiger partial charge in [-0.15, -0.1) is 0 Å². The van der Waals surface area contributed by atoms with Gasteiger partial charge in [0.1, 0.15) is 23.5 Å². The molecule has 2 N–H and O–H groups in total. The zero-order valence-corrected chi connectivity index (χ0v) is 12.2. The molecule has 0 fully saturated rings. The number of rotatable bonds is 3. The Balaban J connectivity index is 1.79. The van der Waals surface area contributed by atoms with Crippen molar-refractivity contribution in [3.8, 4) is 0 Å². The molecule has 0 atom stereocenters. The van der Waals surface area contributed by atoms with Crippen LogP contribution in [0.4, 0.5) is 5.82 Å². The van der Waals surface area contributed by atoms with E-state index in [4.69, 9.17) is 4.42 Å². The third-order valence-electron chi connectivity index (χ3n) is 3.61. The first-order chi connectivity index (χ1) is 10.8. The number of benzene rings is 1. The van der Waals surface area contributed by atoms with Crippen LogP contribution in [0.3, 0.4) is 0 Å². The number of fused-ring (bicyclic) bond motifs is 3. The molecule has 0 bridgehead atoms. The fraction of sp³-hybridized carbons (Fsp3) is 0.118. The van der Waals surface area contributed by atoms with Crippen molar-refractivity contribution in [1.82, 2.24) is 15.0 Å². The lowest BCUT2D eigenvalue weighted by atomic mass is 10.2. The van der Waals surface area contributed by atoms with E-state index in [0.717, 1.165) is 45.8 Å². The van der Waals surface area contributed by atoms with Gasteiger partial charge >= 0.3 is 0 Å². The Morgan fingerprint density at radius 1 is 1.09 bits per heavy atom. The number of quaternary nitrogens is 1. The van der Waals surface area contributed by atoms with E-state index in [9.17, 15) is 0 Å². The first-order valence-electron chi connectivity index (χ1n) is 7.19. The summed E-state index contributed by atoms with van der Waals surface area (Å²) in [7, 11) is 0. The van der Waals surface area contributed by atoms with E-state index in [0.29, 0.717) is 0 Å². The Morgan fingerprint density at radius 3 is 2.86 bits per heavy atom. The molecule has 22 heavy (non-hydrogen) atoms. The molecule has 1 aromatic carbocycles. The highest BCUT2D eigenvalue weighted by atomic mass is 16.3. The van der Waals surface area contributed by atoms with Gasteiger partial charge in [-0.3, -0.25) is 10.3 Å². The normalized spacial score (nSPS) is 11.3. The zero-order valence-electron chi connectivity index (χ0n) is 12.2. The molecule has 0 spiro atoms. The van der Waals surface area contributed by atoms with Gasteiger partial charge in [-0.05, 0) is 25.1 Å². The molecule has 5 nitrogen and oxygen atoms in total. The second-order valence-electron chi connectivity index (χ2n) is 5.20. The summed E-state index contributed by atoms with van der Waals surface area (Å²) in [5, 5.41) is 3.09. The van der Waals surface area contributed by atoms with Gasteiger partial charge < -0.3 is 4.42 Å². The summed E-state index contributed by atoms with van der Waals surface area (Å²) in [6.07, 6.45) is 3.64. The molecule has 3 heterocycles. The Hall–Kier alpha value is -2.79. The highest BCUT2D eigenvalue weighted by Gasteiger charge is 2.17. The van der Waals surface area contributed by atoms with Crippen LogP contribution < -0.4 is 5.32 Å². The fourth-order valence-electron chi connectivity index (χ4n) is 2.60. The Labute approximate surface area is 127 Å². The van der Waals surface area contributed by atoms with Crippen molar-refractivity contribution < 1.29 is 9.73 Å². The van der Waals surface area contributed by atoms with Crippen molar-refractivity contribution in [3.63, 3.8) is 0 Å². The summed E-state index contributed by atoms with van der Waals surface area (Å²) >= 11 is 0. The van der Waals surface area contributed by atoms with Gasteiger partial charge in [0.05, 0.1) is 0 Å². The molecule has 108 valence electrons. The smallest absolute Gasteiger partial charge is 0.272 e. The van der Waals surface area contributed by atoms with Crippen LogP contribution in [-0.4, -0.2) is 15.0 Å². The lowest BCUT2D eigenvalue weighted by Crippen LogP contribution is -2.76. The number of hydrogen-bond donors (Lipinski definition) is 1. The van der Waals surface area contributed by atoms with Gasteiger partial charge in [0, 0.05) is 23.3 Å². The van der Waals surface area contributed by atoms with Crippen LogP contribution in [0.2, 0.25) is 0 Å². The molecular formula is C17H15N4O+. The van der Waals surface area contributed by atoms with Crippen LogP contribution in [0.15, 0.2) is 53.2 Å². The SMILES string of the molecule is Cc1nc([NH2+]Cc2cccnc2)c2oc3ccccc3c2n1. The highest BCUT2D eigenvalue weighted by Crippen LogP contribution is 2.29. The largest absolute Gasteiger partial charge is 0.446 e. The van der Waals surface area contributed by atoms with Crippen LogP contribution >= 0.6 is 0 Å². The van der Waals surface area contributed by atoms with Crippen LogP contribution in [0.5, 0.6) is 0 Å². The molecule has 0 saturated carbocycles. The second-order valence-corrected chi connectivity index (χ2v) is 5.20. The number of furan rings is 1. The quantitative estimate of drug-likeness (QED) is 0.629. The van der Waals surface area contributed by atoms with Crippen molar-refractivity contribution in [2.45, 2.75) is 13.5 Å². The molecule has 0 saturated heterocycles. The maximum atomic E-state index is 5.96. The van der Waals surface area contributed by atoms with Gasteiger partial charge in [0.2, 0.25) is 5.58 Å². The predicted octanol–water partition coefficient (Wildman–Crippen LogP) is 2.47. The third-order valence-corrected chi connectivity index (χ3v) is 3.61. The van der Waals surface area contributed by atoms with Gasteiger partial charge in [-0.1, -0.05) is 18.2 Å². The minimum absolute atomic E-state index is 0.746. The maximum absolute atomic E-state index is 5.96. The lowest BCUT2D eigenvalue weighted by Gasteiger charge is -2.01. The van der Waals surface area contributed by atoms with E-state index in [2.05, 4.69) is 20.3 Å². The average Bonchev–Trinajstić information content (AvgIpc) is 2.92. The number of hydrogen-bond acceptors (Lipinski definition) is 4. The molecule has 3 aromatic heterocycles. The van der Waals surface area contributed by atoms with Crippen molar-refractivity contribution >= 4 is 27.9 Å². The lowest BCUT2D eigenvalue weighted by molar-refractivity contribution is -0.591. The minimum atomic E-state index is 0.746. The summed E-state index contributed by atoms with van der Waals surface area (Å²) in [4.78, 5) is 13.2. The van der Waals surface area contributed by atoms with Crippen molar-refractivity contribution in [1.29, 1.82) is 0 Å². The zero-order chi connectivity index (χ0) is 14.9. The predicted molar refractivity (Wildman–Crippen MR) is 83.6 cm³/mol. The molecule has 4 rings (SSSR count). The number of para-hydroxylation sites is 1. The number of aryl methyl sites for hydroxylation is 1. The average molecular weight is 291 g/mol. The molecule has 0 radical (unpaired) electrons. The van der Waals surface area contributed by atoms with E-state index in [1.807, 2.05) is 49.5 Å². The number of aromatic nitrogens is 3. The van der Waals surface area contributed by atoms with Crippen molar-refractivity contribution in [3.05, 3.63) is 60.2 Å². The molecule has 0 aliphatic heterocycles. The summed E-state index contributed by atoms with van der Waals surface area (Å²) in [6.45, 7) is 2.67. The monoisotopic (exact) mass is 291 g/mol. The Kier molecular flexibility index (Phi) is 3.05. The first kappa shape index (κ1) is 12.9. The number of nitrogens with zero attached hydrogens (tertiary/aromatic N) is 3. The van der Waals surface area contributed by atoms with Gasteiger partial charge in [0.25, 0.3) is 5.82 Å². The number of nitrogens with two attached hydrogens (primary N) is 1. The van der Waals surface area contributed by atoms with E-state index in [1.54, 1.807) is 6.20 Å². The summed E-state index contributed by atoms with van der Waals surface area (Å²) in [5.41, 5.74) is 3.60. The molecule has 4 aromatic rings. The highest BCUT2D eigenvalue weighted by molar-refractivity contribution is 6.04. The van der Waals surface area contributed by atoms with Crippen LogP contribution in [0.1, 0.15) is 11.4 Å². The minimum Gasteiger partial charge on any atom is -0.446 e. The summed E-state index contributed by atoms with van der Waals surface area (Å²) < 4.78 is 5.96. The molecule has 5 heteroatoms. The molecular weight excluding hydrogens is 276 g/mol. The first-order valence-corrected chi connectivity index (χ1v) is 7.19. The van der Waals surface area contributed by atoms with E-state index < -0.39 is 0 Å². The Bertz CT molecular complexity index is 947. The summed E-state index contributed by atoms with van der Waals surface area (Å²) in [5.74, 6) is 1.58. The van der Waals surface area contributed by atoms with Crippen molar-refractivity contribution in [2.75, 3.05) is 0 Å². The fourth-order valence-corrected chi connectivity index (χ4v) is 2.60. The molecule has 0 unspecified atom stereocenters. The van der Waals surface area contributed by atoms with E-state index >= 15 is 0 Å². The topological polar surface area (TPSA) is 68.4 Å². The van der Waals surface area contributed by atoms with Gasteiger partial charge in [-0.2, -0.15) is 4.98 Å². The molecule has 0 amide bonds. The summed E-state index contributed by atoms with van der Waals surface area (Å²) in [6, 6.07) is 11.9.